The van der Waals surface area contributed by atoms with Gasteiger partial charge in [-0.15, -0.1) is 0 Å². The molecule has 0 spiro atoms. The Morgan fingerprint density at radius 1 is 1.03 bits per heavy atom. The Morgan fingerprint density at radius 3 is 2.45 bits per heavy atom. The molecule has 1 aliphatic rings. The van der Waals surface area contributed by atoms with E-state index in [4.69, 9.17) is 21.1 Å². The van der Waals surface area contributed by atoms with E-state index < -0.39 is 0 Å². The van der Waals surface area contributed by atoms with Gasteiger partial charge in [0.2, 0.25) is 11.8 Å². The highest BCUT2D eigenvalue weighted by atomic mass is 35.5. The molecule has 9 heteroatoms. The van der Waals surface area contributed by atoms with E-state index in [1.165, 1.54) is 0 Å². The number of rotatable bonds is 11. The Balaban J connectivity index is 1.36. The molecule has 4 rings (SSSR count). The second-order valence-corrected chi connectivity index (χ2v) is 9.25. The summed E-state index contributed by atoms with van der Waals surface area (Å²) in [7, 11) is 1.57. The fourth-order valence-electron chi connectivity index (χ4n) is 4.35. The fraction of sp³-hybridized carbons (Fsp3) is 0.276. The third-order valence-electron chi connectivity index (χ3n) is 6.34. The van der Waals surface area contributed by atoms with E-state index in [-0.39, 0.29) is 24.1 Å². The van der Waals surface area contributed by atoms with E-state index in [1.807, 2.05) is 31.2 Å². The summed E-state index contributed by atoms with van der Waals surface area (Å²) in [5, 5.41) is 7.00. The van der Waals surface area contributed by atoms with Crippen molar-refractivity contribution in [3.05, 3.63) is 88.1 Å². The average molecular weight is 536 g/mol. The van der Waals surface area contributed by atoms with Crippen molar-refractivity contribution in [1.29, 1.82) is 0 Å². The number of nitrogens with zero attached hydrogens (tertiary/aromatic N) is 1. The van der Waals surface area contributed by atoms with Gasteiger partial charge in [-0.3, -0.25) is 19.0 Å². The number of carbonyl (C=O) groups excluding carboxylic acids is 3. The van der Waals surface area contributed by atoms with Crippen LogP contribution in [-0.2, 0) is 20.7 Å². The lowest BCUT2D eigenvalue weighted by molar-refractivity contribution is -0.120. The normalized spacial score (nSPS) is 12.4. The van der Waals surface area contributed by atoms with Crippen molar-refractivity contribution in [2.45, 2.75) is 19.8 Å². The van der Waals surface area contributed by atoms with Crippen molar-refractivity contribution in [1.82, 2.24) is 15.2 Å². The lowest BCUT2D eigenvalue weighted by atomic mass is 10.1. The van der Waals surface area contributed by atoms with Gasteiger partial charge in [0, 0.05) is 40.3 Å². The molecule has 0 unspecified atom stereocenters. The van der Waals surface area contributed by atoms with Crippen LogP contribution < -0.4 is 15.4 Å². The standard InChI is InChI=1S/C29H30ClN3O5/c1-19-24(18-27(34)31-13-15-38-16-14-32-28(35)20-5-3-4-6-20)25-17-23(37-2)11-12-26(25)33(19)29(36)21-7-9-22(30)10-8-21/h3-5,7-12,17H,6,13-16,18H2,1-2H3,(H,31,34)(H,32,35). The molecule has 0 atom stereocenters. The smallest absolute Gasteiger partial charge is 0.262 e. The fourth-order valence-corrected chi connectivity index (χ4v) is 4.48. The number of amides is 2. The summed E-state index contributed by atoms with van der Waals surface area (Å²) in [6.45, 7) is 3.22. The zero-order valence-electron chi connectivity index (χ0n) is 21.4. The first-order chi connectivity index (χ1) is 18.4. The van der Waals surface area contributed by atoms with Crippen LogP contribution in [0.4, 0.5) is 0 Å². The van der Waals surface area contributed by atoms with E-state index in [0.717, 1.165) is 16.5 Å². The van der Waals surface area contributed by atoms with E-state index >= 15 is 0 Å². The molecule has 2 amide bonds. The van der Waals surface area contributed by atoms with Crippen molar-refractivity contribution in [3.63, 3.8) is 0 Å². The minimum Gasteiger partial charge on any atom is -0.497 e. The monoisotopic (exact) mass is 535 g/mol. The van der Waals surface area contributed by atoms with Gasteiger partial charge in [0.15, 0.2) is 0 Å². The van der Waals surface area contributed by atoms with Gasteiger partial charge in [0.25, 0.3) is 5.91 Å². The van der Waals surface area contributed by atoms with Gasteiger partial charge in [0.1, 0.15) is 5.75 Å². The third-order valence-corrected chi connectivity index (χ3v) is 6.59. The van der Waals surface area contributed by atoms with Crippen LogP contribution in [-0.4, -0.2) is 55.7 Å². The van der Waals surface area contributed by atoms with Gasteiger partial charge >= 0.3 is 0 Å². The maximum atomic E-state index is 13.4. The van der Waals surface area contributed by atoms with Gasteiger partial charge in [-0.05, 0) is 61.4 Å². The summed E-state index contributed by atoms with van der Waals surface area (Å²) in [5.41, 5.74) is 3.36. The average Bonchev–Trinajstić information content (AvgIpc) is 3.55. The molecule has 0 radical (unpaired) electrons. The van der Waals surface area contributed by atoms with E-state index in [1.54, 1.807) is 48.1 Å². The maximum absolute atomic E-state index is 13.4. The molecule has 1 aromatic heterocycles. The predicted molar refractivity (Wildman–Crippen MR) is 147 cm³/mol. The van der Waals surface area contributed by atoms with Crippen LogP contribution in [0.15, 0.2) is 66.3 Å². The lowest BCUT2D eigenvalue weighted by Crippen LogP contribution is -2.31. The third kappa shape index (κ3) is 6.33. The molecular weight excluding hydrogens is 506 g/mol. The minimum absolute atomic E-state index is 0.0902. The number of hydrogen-bond donors (Lipinski definition) is 2. The Labute approximate surface area is 226 Å². The van der Waals surface area contributed by atoms with Crippen LogP contribution in [0, 0.1) is 6.92 Å². The highest BCUT2D eigenvalue weighted by molar-refractivity contribution is 6.30. The van der Waals surface area contributed by atoms with E-state index in [2.05, 4.69) is 10.6 Å². The Bertz CT molecular complexity index is 1410. The van der Waals surface area contributed by atoms with Gasteiger partial charge in [-0.2, -0.15) is 0 Å². The summed E-state index contributed by atoms with van der Waals surface area (Å²) < 4.78 is 12.5. The number of halogens is 1. The predicted octanol–water partition coefficient (Wildman–Crippen LogP) is 3.98. The van der Waals surface area contributed by atoms with Crippen LogP contribution in [0.5, 0.6) is 5.75 Å². The van der Waals surface area contributed by atoms with Gasteiger partial charge in [-0.1, -0.05) is 29.8 Å². The number of carbonyl (C=O) groups is 3. The van der Waals surface area contributed by atoms with Gasteiger partial charge in [0.05, 0.1) is 32.3 Å². The van der Waals surface area contributed by atoms with Crippen LogP contribution >= 0.6 is 11.6 Å². The summed E-state index contributed by atoms with van der Waals surface area (Å²) >= 11 is 5.99. The summed E-state index contributed by atoms with van der Waals surface area (Å²) in [6, 6.07) is 12.2. The van der Waals surface area contributed by atoms with Crippen molar-refractivity contribution >= 4 is 40.2 Å². The molecule has 1 heterocycles. The molecule has 0 saturated heterocycles. The first-order valence-corrected chi connectivity index (χ1v) is 12.7. The van der Waals surface area contributed by atoms with Gasteiger partial charge in [-0.25, -0.2) is 0 Å². The first kappa shape index (κ1) is 27.2. The molecule has 0 fully saturated rings. The summed E-state index contributed by atoms with van der Waals surface area (Å²) in [6.07, 6.45) is 6.34. The van der Waals surface area contributed by atoms with Crippen molar-refractivity contribution in [3.8, 4) is 5.75 Å². The zero-order valence-corrected chi connectivity index (χ0v) is 22.1. The molecular formula is C29H30ClN3O5. The molecule has 2 aromatic carbocycles. The second kappa shape index (κ2) is 12.6. The largest absolute Gasteiger partial charge is 0.497 e. The maximum Gasteiger partial charge on any atom is 0.262 e. The van der Waals surface area contributed by atoms with Gasteiger partial charge < -0.3 is 20.1 Å². The number of allylic oxidation sites excluding steroid dienone is 3. The van der Waals surface area contributed by atoms with Crippen LogP contribution in [0.3, 0.4) is 0 Å². The van der Waals surface area contributed by atoms with E-state index in [0.29, 0.717) is 60.3 Å². The Hall–Kier alpha value is -3.88. The van der Waals surface area contributed by atoms with Crippen molar-refractivity contribution < 1.29 is 23.9 Å². The number of aromatic nitrogens is 1. The van der Waals surface area contributed by atoms with E-state index in [9.17, 15) is 14.4 Å². The Kier molecular flexibility index (Phi) is 8.99. The molecule has 38 heavy (non-hydrogen) atoms. The first-order valence-electron chi connectivity index (χ1n) is 12.4. The Morgan fingerprint density at radius 2 is 1.76 bits per heavy atom. The molecule has 2 N–H and O–H groups in total. The number of benzene rings is 2. The highest BCUT2D eigenvalue weighted by Crippen LogP contribution is 2.31. The van der Waals surface area contributed by atoms with Crippen molar-refractivity contribution in [2.24, 2.45) is 0 Å². The minimum atomic E-state index is -0.207. The van der Waals surface area contributed by atoms with Crippen LogP contribution in [0.1, 0.15) is 28.0 Å². The molecule has 3 aromatic rings. The highest BCUT2D eigenvalue weighted by Gasteiger charge is 2.22. The number of fused-ring (bicyclic) bond motifs is 1. The number of hydrogen-bond acceptors (Lipinski definition) is 5. The SMILES string of the molecule is COc1ccc2c(c1)c(CC(=O)NCCOCCNC(=O)C1=CC=CC1)c(C)n2C(=O)c1ccc(Cl)cc1. The molecule has 198 valence electrons. The molecule has 0 aliphatic heterocycles. The number of methoxy groups -OCH3 is 1. The molecule has 0 bridgehead atoms. The molecule has 8 nitrogen and oxygen atoms in total. The molecule has 1 aliphatic carbocycles. The quantitative estimate of drug-likeness (QED) is 0.362. The van der Waals surface area contributed by atoms with Crippen molar-refractivity contribution in [2.75, 3.05) is 33.4 Å². The number of nitrogens with one attached hydrogen (secondary N) is 2. The summed E-state index contributed by atoms with van der Waals surface area (Å²) in [5.74, 6) is 0.150. The lowest BCUT2D eigenvalue weighted by Gasteiger charge is -2.09. The molecule has 0 saturated carbocycles. The number of ether oxygens (including phenoxy) is 2. The topological polar surface area (TPSA) is 98.7 Å². The summed E-state index contributed by atoms with van der Waals surface area (Å²) in [4.78, 5) is 38.1. The zero-order chi connectivity index (χ0) is 27.1. The van der Waals surface area contributed by atoms with Crippen LogP contribution in [0.25, 0.3) is 10.9 Å². The van der Waals surface area contributed by atoms with Crippen LogP contribution in [0.2, 0.25) is 5.02 Å². The second-order valence-electron chi connectivity index (χ2n) is 8.81.